The molecule has 0 aliphatic rings. The number of rotatable bonds is 8. The molecule has 7 nitrogen and oxygen atoms in total. The molecule has 3 rings (SSSR count). The number of aromatic nitrogens is 3. The lowest BCUT2D eigenvalue weighted by Crippen LogP contribution is -2.24. The zero-order valence-corrected chi connectivity index (χ0v) is 19.0. The van der Waals surface area contributed by atoms with E-state index >= 15 is 0 Å². The van der Waals surface area contributed by atoms with E-state index in [-0.39, 0.29) is 24.1 Å². The second kappa shape index (κ2) is 10.3. The molecule has 0 fully saturated rings. The summed E-state index contributed by atoms with van der Waals surface area (Å²) in [6, 6.07) is 13.1. The van der Waals surface area contributed by atoms with Gasteiger partial charge in [-0.3, -0.25) is 9.59 Å². The van der Waals surface area contributed by atoms with Gasteiger partial charge < -0.3 is 15.2 Å². The van der Waals surface area contributed by atoms with Crippen LogP contribution >= 0.6 is 11.8 Å². The number of thioether (sulfide) groups is 1. The smallest absolute Gasteiger partial charge is 0.251 e. The Hall–Kier alpha value is -3.13. The van der Waals surface area contributed by atoms with Crippen LogP contribution in [-0.2, 0) is 17.9 Å². The van der Waals surface area contributed by atoms with Crippen molar-refractivity contribution in [3.8, 4) is 0 Å². The summed E-state index contributed by atoms with van der Waals surface area (Å²) in [5.41, 5.74) is 4.72. The zero-order chi connectivity index (χ0) is 22.4. The Labute approximate surface area is 186 Å². The lowest BCUT2D eigenvalue weighted by atomic mass is 10.1. The number of aryl methyl sites for hydroxylation is 3. The van der Waals surface area contributed by atoms with Crippen molar-refractivity contribution in [2.24, 2.45) is 0 Å². The molecule has 0 aliphatic heterocycles. The quantitative estimate of drug-likeness (QED) is 0.522. The monoisotopic (exact) mass is 437 g/mol. The first-order valence-corrected chi connectivity index (χ1v) is 11.1. The largest absolute Gasteiger partial charge is 0.345 e. The van der Waals surface area contributed by atoms with Gasteiger partial charge in [-0.2, -0.15) is 0 Å². The van der Waals surface area contributed by atoms with Gasteiger partial charge in [-0.15, -0.1) is 10.2 Å². The van der Waals surface area contributed by atoms with Crippen LogP contribution < -0.4 is 10.6 Å². The maximum atomic E-state index is 12.5. The summed E-state index contributed by atoms with van der Waals surface area (Å²) in [6.45, 7) is 8.92. The first kappa shape index (κ1) is 22.6. The number of amides is 2. The number of nitrogens with one attached hydrogen (secondary N) is 2. The highest BCUT2D eigenvalue weighted by molar-refractivity contribution is 7.99. The molecule has 0 atom stereocenters. The highest BCUT2D eigenvalue weighted by atomic mass is 32.2. The van der Waals surface area contributed by atoms with Crippen molar-refractivity contribution in [1.82, 2.24) is 20.1 Å². The minimum absolute atomic E-state index is 0.0929. The van der Waals surface area contributed by atoms with Gasteiger partial charge in [0.25, 0.3) is 5.91 Å². The molecule has 2 amide bonds. The Bertz CT molecular complexity index is 1060. The third-order valence-electron chi connectivity index (χ3n) is 4.83. The normalized spacial score (nSPS) is 10.7. The maximum Gasteiger partial charge on any atom is 0.251 e. The van der Waals surface area contributed by atoms with Crippen molar-refractivity contribution in [2.75, 3.05) is 11.1 Å². The van der Waals surface area contributed by atoms with Crippen LogP contribution in [-0.4, -0.2) is 32.3 Å². The van der Waals surface area contributed by atoms with Gasteiger partial charge in [0.2, 0.25) is 5.91 Å². The van der Waals surface area contributed by atoms with Gasteiger partial charge in [0.1, 0.15) is 0 Å². The highest BCUT2D eigenvalue weighted by Crippen LogP contribution is 2.23. The predicted molar refractivity (Wildman–Crippen MR) is 123 cm³/mol. The van der Waals surface area contributed by atoms with Crippen LogP contribution in [0.4, 0.5) is 5.69 Å². The summed E-state index contributed by atoms with van der Waals surface area (Å²) >= 11 is 1.33. The summed E-state index contributed by atoms with van der Waals surface area (Å²) < 4.78 is 1.91. The molecular formula is C23H27N5O2S. The van der Waals surface area contributed by atoms with E-state index in [1.165, 1.54) is 17.3 Å². The molecule has 0 unspecified atom stereocenters. The van der Waals surface area contributed by atoms with E-state index in [1.807, 2.05) is 50.5 Å². The van der Waals surface area contributed by atoms with Crippen LogP contribution in [0.1, 0.15) is 39.8 Å². The van der Waals surface area contributed by atoms with E-state index in [4.69, 9.17) is 0 Å². The summed E-state index contributed by atoms with van der Waals surface area (Å²) in [5.74, 6) is 0.620. The SMILES string of the molecule is CCn1c(CNC(=O)c2ccccc2)nnc1SCC(=O)Nc1c(C)cc(C)cc1C. The lowest BCUT2D eigenvalue weighted by Gasteiger charge is -2.13. The van der Waals surface area contributed by atoms with E-state index in [9.17, 15) is 9.59 Å². The molecule has 0 radical (unpaired) electrons. The van der Waals surface area contributed by atoms with Crippen LogP contribution in [0.3, 0.4) is 0 Å². The van der Waals surface area contributed by atoms with E-state index in [0.717, 1.165) is 16.8 Å². The Morgan fingerprint density at radius 3 is 2.35 bits per heavy atom. The lowest BCUT2D eigenvalue weighted by molar-refractivity contribution is -0.113. The molecule has 162 valence electrons. The molecule has 0 spiro atoms. The molecule has 0 saturated heterocycles. The Morgan fingerprint density at radius 2 is 1.71 bits per heavy atom. The summed E-state index contributed by atoms with van der Waals surface area (Å²) in [5, 5.41) is 14.9. The molecular weight excluding hydrogens is 410 g/mol. The van der Waals surface area contributed by atoms with E-state index in [1.54, 1.807) is 12.1 Å². The molecule has 0 aliphatic carbocycles. The highest BCUT2D eigenvalue weighted by Gasteiger charge is 2.15. The van der Waals surface area contributed by atoms with Crippen LogP contribution in [0, 0.1) is 20.8 Å². The fourth-order valence-electron chi connectivity index (χ4n) is 3.41. The second-order valence-electron chi connectivity index (χ2n) is 7.30. The molecule has 1 aromatic heterocycles. The van der Waals surface area contributed by atoms with E-state index in [2.05, 4.69) is 33.0 Å². The number of hydrogen-bond acceptors (Lipinski definition) is 5. The average molecular weight is 438 g/mol. The van der Waals surface area contributed by atoms with Crippen molar-refractivity contribution >= 4 is 29.3 Å². The fraction of sp³-hybridized carbons (Fsp3) is 0.304. The van der Waals surface area contributed by atoms with Crippen molar-refractivity contribution < 1.29 is 9.59 Å². The summed E-state index contributed by atoms with van der Waals surface area (Å²) in [7, 11) is 0. The number of nitrogens with zero attached hydrogens (tertiary/aromatic N) is 3. The zero-order valence-electron chi connectivity index (χ0n) is 18.2. The minimum Gasteiger partial charge on any atom is -0.345 e. The topological polar surface area (TPSA) is 88.9 Å². The van der Waals surface area contributed by atoms with Crippen molar-refractivity contribution in [3.63, 3.8) is 0 Å². The van der Waals surface area contributed by atoms with Gasteiger partial charge in [-0.25, -0.2) is 0 Å². The Balaban J connectivity index is 1.59. The first-order chi connectivity index (χ1) is 14.9. The van der Waals surface area contributed by atoms with Gasteiger partial charge in [-0.1, -0.05) is 47.7 Å². The third kappa shape index (κ3) is 5.73. The van der Waals surface area contributed by atoms with Crippen LogP contribution in [0.5, 0.6) is 0 Å². The second-order valence-corrected chi connectivity index (χ2v) is 8.24. The van der Waals surface area contributed by atoms with Gasteiger partial charge >= 0.3 is 0 Å². The number of carbonyl (C=O) groups is 2. The molecule has 3 aromatic rings. The molecule has 1 heterocycles. The summed E-state index contributed by atoms with van der Waals surface area (Å²) in [6.07, 6.45) is 0. The first-order valence-electron chi connectivity index (χ1n) is 10.1. The van der Waals surface area contributed by atoms with Gasteiger partial charge in [-0.05, 0) is 51.0 Å². The number of anilines is 1. The van der Waals surface area contributed by atoms with Crippen LogP contribution in [0.2, 0.25) is 0 Å². The van der Waals surface area contributed by atoms with Gasteiger partial charge in [0.15, 0.2) is 11.0 Å². The van der Waals surface area contributed by atoms with Crippen molar-refractivity contribution in [1.29, 1.82) is 0 Å². The van der Waals surface area contributed by atoms with Crippen molar-refractivity contribution in [2.45, 2.75) is 45.9 Å². The van der Waals surface area contributed by atoms with Crippen LogP contribution in [0.25, 0.3) is 0 Å². The Kier molecular flexibility index (Phi) is 7.46. The van der Waals surface area contributed by atoms with E-state index in [0.29, 0.717) is 23.1 Å². The third-order valence-corrected chi connectivity index (χ3v) is 5.79. The predicted octanol–water partition coefficient (Wildman–Crippen LogP) is 3.88. The summed E-state index contributed by atoms with van der Waals surface area (Å²) in [4.78, 5) is 24.8. The van der Waals surface area contributed by atoms with Crippen molar-refractivity contribution in [3.05, 3.63) is 70.5 Å². The average Bonchev–Trinajstić information content (AvgIpc) is 3.15. The molecule has 2 N–H and O–H groups in total. The molecule has 0 saturated carbocycles. The van der Waals surface area contributed by atoms with E-state index < -0.39 is 0 Å². The standard InChI is InChI=1S/C23H27N5O2S/c1-5-28-19(13-24-22(30)18-9-7-6-8-10-18)26-27-23(28)31-14-20(29)25-21-16(3)11-15(2)12-17(21)4/h6-12H,5,13-14H2,1-4H3,(H,24,30)(H,25,29). The minimum atomic E-state index is -0.163. The Morgan fingerprint density at radius 1 is 1.03 bits per heavy atom. The molecule has 8 heteroatoms. The molecule has 31 heavy (non-hydrogen) atoms. The van der Waals surface area contributed by atoms with Crippen LogP contribution in [0.15, 0.2) is 47.6 Å². The number of benzene rings is 2. The fourth-order valence-corrected chi connectivity index (χ4v) is 4.23. The maximum absolute atomic E-state index is 12.5. The molecule has 2 aromatic carbocycles. The van der Waals surface area contributed by atoms with Gasteiger partial charge in [0.05, 0.1) is 12.3 Å². The van der Waals surface area contributed by atoms with Gasteiger partial charge in [0, 0.05) is 17.8 Å². The number of carbonyl (C=O) groups excluding carboxylic acids is 2. The molecule has 0 bridgehead atoms. The number of hydrogen-bond donors (Lipinski definition) is 2.